The maximum Gasteiger partial charge on any atom is 0.123 e. The maximum absolute atomic E-state index is 4.82. The van der Waals surface area contributed by atoms with E-state index in [9.17, 15) is 0 Å². The lowest BCUT2D eigenvalue weighted by molar-refractivity contribution is 0.727. The highest BCUT2D eigenvalue weighted by molar-refractivity contribution is 7.15. The van der Waals surface area contributed by atoms with Crippen LogP contribution in [0.25, 0.3) is 21.5 Å². The molecule has 1 aromatic carbocycles. The zero-order valence-corrected chi connectivity index (χ0v) is 13.2. The average Bonchev–Trinajstić information content (AvgIpc) is 2.95. The quantitative estimate of drug-likeness (QED) is 0.772. The second-order valence-electron chi connectivity index (χ2n) is 4.93. The highest BCUT2D eigenvalue weighted by Crippen LogP contribution is 2.30. The molecule has 3 rings (SSSR count). The highest BCUT2D eigenvalue weighted by atomic mass is 32.1. The van der Waals surface area contributed by atoms with Crippen LogP contribution in [0.4, 0.5) is 0 Å². The zero-order chi connectivity index (χ0) is 14.7. The molecule has 0 saturated carbocycles. The van der Waals surface area contributed by atoms with E-state index in [0.29, 0.717) is 0 Å². The van der Waals surface area contributed by atoms with Gasteiger partial charge in [-0.15, -0.1) is 11.3 Å². The topological polar surface area (TPSA) is 37.8 Å². The summed E-state index contributed by atoms with van der Waals surface area (Å²) in [6.07, 6.45) is 2.81. The van der Waals surface area contributed by atoms with Gasteiger partial charge in [0, 0.05) is 28.6 Å². The summed E-state index contributed by atoms with van der Waals surface area (Å²) in [6.45, 7) is 6.19. The van der Waals surface area contributed by atoms with E-state index in [2.05, 4.69) is 48.4 Å². The molecule has 0 unspecified atom stereocenters. The molecule has 108 valence electrons. The molecule has 3 aromatic rings. The third-order valence-corrected chi connectivity index (χ3v) is 4.65. The van der Waals surface area contributed by atoms with Gasteiger partial charge in [0.25, 0.3) is 0 Å². The molecule has 0 amide bonds. The van der Waals surface area contributed by atoms with Crippen LogP contribution in [0.5, 0.6) is 0 Å². The third-order valence-electron chi connectivity index (χ3n) is 3.50. The molecule has 0 atom stereocenters. The summed E-state index contributed by atoms with van der Waals surface area (Å²) in [7, 11) is 0. The SMILES string of the molecule is CCNCc1sc(-c2ccc3ncccc3c2)nc1CC. The van der Waals surface area contributed by atoms with E-state index < -0.39 is 0 Å². The molecular weight excluding hydrogens is 278 g/mol. The van der Waals surface area contributed by atoms with Crippen molar-refractivity contribution >= 4 is 22.2 Å². The van der Waals surface area contributed by atoms with Gasteiger partial charge < -0.3 is 5.32 Å². The lowest BCUT2D eigenvalue weighted by Gasteiger charge is -2.00. The van der Waals surface area contributed by atoms with Gasteiger partial charge in [0.1, 0.15) is 5.01 Å². The number of aromatic nitrogens is 2. The minimum Gasteiger partial charge on any atom is -0.312 e. The van der Waals surface area contributed by atoms with Crippen LogP contribution in [0.2, 0.25) is 0 Å². The van der Waals surface area contributed by atoms with Crippen molar-refractivity contribution < 1.29 is 0 Å². The Bertz CT molecular complexity index is 749. The van der Waals surface area contributed by atoms with Gasteiger partial charge in [0.2, 0.25) is 0 Å². The van der Waals surface area contributed by atoms with E-state index in [-0.39, 0.29) is 0 Å². The van der Waals surface area contributed by atoms with Crippen molar-refractivity contribution in [3.8, 4) is 10.6 Å². The molecule has 4 heteroatoms. The second kappa shape index (κ2) is 6.33. The van der Waals surface area contributed by atoms with Crippen molar-refractivity contribution in [3.05, 3.63) is 47.1 Å². The molecule has 0 radical (unpaired) electrons. The summed E-state index contributed by atoms with van der Waals surface area (Å²) in [5, 5.41) is 5.66. The molecule has 3 nitrogen and oxygen atoms in total. The van der Waals surface area contributed by atoms with Gasteiger partial charge in [-0.3, -0.25) is 4.98 Å². The highest BCUT2D eigenvalue weighted by Gasteiger charge is 2.11. The lowest BCUT2D eigenvalue weighted by atomic mass is 10.1. The molecule has 1 N–H and O–H groups in total. The van der Waals surface area contributed by atoms with Crippen LogP contribution in [-0.2, 0) is 13.0 Å². The summed E-state index contributed by atoms with van der Waals surface area (Å²) >= 11 is 1.79. The number of benzene rings is 1. The summed E-state index contributed by atoms with van der Waals surface area (Å²) in [5.41, 5.74) is 3.42. The zero-order valence-electron chi connectivity index (χ0n) is 12.4. The van der Waals surface area contributed by atoms with Gasteiger partial charge in [-0.1, -0.05) is 19.9 Å². The number of fused-ring (bicyclic) bond motifs is 1. The van der Waals surface area contributed by atoms with Crippen molar-refractivity contribution in [1.82, 2.24) is 15.3 Å². The number of thiazole rings is 1. The Labute approximate surface area is 129 Å². The number of pyridine rings is 1. The average molecular weight is 297 g/mol. The van der Waals surface area contributed by atoms with E-state index in [4.69, 9.17) is 4.98 Å². The van der Waals surface area contributed by atoms with E-state index in [1.165, 1.54) is 16.1 Å². The predicted molar refractivity (Wildman–Crippen MR) is 89.6 cm³/mol. The Morgan fingerprint density at radius 2 is 2.10 bits per heavy atom. The molecule has 0 aliphatic carbocycles. The summed E-state index contributed by atoms with van der Waals surface area (Å²) in [4.78, 5) is 10.5. The third kappa shape index (κ3) is 2.96. The standard InChI is InChI=1S/C17H19N3S/c1-3-14-16(11-18-4-2)21-17(20-14)13-7-8-15-12(10-13)6-5-9-19-15/h5-10,18H,3-4,11H2,1-2H3. The fourth-order valence-electron chi connectivity index (χ4n) is 2.37. The second-order valence-corrected chi connectivity index (χ2v) is 6.02. The summed E-state index contributed by atoms with van der Waals surface area (Å²) in [6, 6.07) is 10.4. The Morgan fingerprint density at radius 1 is 1.19 bits per heavy atom. The Balaban J connectivity index is 1.99. The number of hydrogen-bond acceptors (Lipinski definition) is 4. The van der Waals surface area contributed by atoms with Crippen LogP contribution < -0.4 is 5.32 Å². The Kier molecular flexibility index (Phi) is 4.27. The van der Waals surface area contributed by atoms with E-state index >= 15 is 0 Å². The summed E-state index contributed by atoms with van der Waals surface area (Å²) in [5.74, 6) is 0. The molecule has 0 spiro atoms. The van der Waals surface area contributed by atoms with Gasteiger partial charge in [-0.2, -0.15) is 0 Å². The lowest BCUT2D eigenvalue weighted by Crippen LogP contribution is -2.11. The molecule has 0 aliphatic rings. The molecule has 21 heavy (non-hydrogen) atoms. The first-order valence-corrected chi connectivity index (χ1v) is 8.18. The van der Waals surface area contributed by atoms with E-state index in [0.717, 1.165) is 35.4 Å². The van der Waals surface area contributed by atoms with Crippen LogP contribution in [0, 0.1) is 0 Å². The van der Waals surface area contributed by atoms with E-state index in [1.807, 2.05) is 12.3 Å². The minimum absolute atomic E-state index is 0.909. The number of nitrogens with zero attached hydrogens (tertiary/aromatic N) is 2. The molecule has 2 heterocycles. The van der Waals surface area contributed by atoms with Crippen LogP contribution in [0.15, 0.2) is 36.5 Å². The maximum atomic E-state index is 4.82. The smallest absolute Gasteiger partial charge is 0.123 e. The van der Waals surface area contributed by atoms with Gasteiger partial charge in [0.05, 0.1) is 11.2 Å². The normalized spacial score (nSPS) is 11.1. The van der Waals surface area contributed by atoms with Crippen molar-refractivity contribution in [1.29, 1.82) is 0 Å². The fraction of sp³-hybridized carbons (Fsp3) is 0.294. The molecule has 2 aromatic heterocycles. The Hall–Kier alpha value is -1.78. The van der Waals surface area contributed by atoms with Crippen molar-refractivity contribution in [3.63, 3.8) is 0 Å². The molecule has 0 aliphatic heterocycles. The van der Waals surface area contributed by atoms with Crippen LogP contribution in [0.3, 0.4) is 0 Å². The van der Waals surface area contributed by atoms with E-state index in [1.54, 1.807) is 11.3 Å². The van der Waals surface area contributed by atoms with Crippen LogP contribution in [0.1, 0.15) is 24.4 Å². The first-order valence-electron chi connectivity index (χ1n) is 7.36. The minimum atomic E-state index is 0.909. The number of nitrogens with one attached hydrogen (secondary N) is 1. The van der Waals surface area contributed by atoms with Gasteiger partial charge >= 0.3 is 0 Å². The van der Waals surface area contributed by atoms with Crippen molar-refractivity contribution in [2.45, 2.75) is 26.8 Å². The first kappa shape index (κ1) is 14.2. The fourth-order valence-corrected chi connectivity index (χ4v) is 3.48. The number of aryl methyl sites for hydroxylation is 1. The van der Waals surface area contributed by atoms with Crippen molar-refractivity contribution in [2.75, 3.05) is 6.54 Å². The molecule has 0 bridgehead atoms. The van der Waals surface area contributed by atoms with Crippen molar-refractivity contribution in [2.24, 2.45) is 0 Å². The monoisotopic (exact) mass is 297 g/mol. The van der Waals surface area contributed by atoms with Crippen LogP contribution >= 0.6 is 11.3 Å². The Morgan fingerprint density at radius 3 is 2.90 bits per heavy atom. The molecule has 0 fully saturated rings. The number of hydrogen-bond donors (Lipinski definition) is 1. The largest absolute Gasteiger partial charge is 0.312 e. The first-order chi connectivity index (χ1) is 10.3. The van der Waals surface area contributed by atoms with Gasteiger partial charge in [-0.05, 0) is 37.2 Å². The number of rotatable bonds is 5. The molecular formula is C17H19N3S. The van der Waals surface area contributed by atoms with Crippen LogP contribution in [-0.4, -0.2) is 16.5 Å². The molecule has 0 saturated heterocycles. The van der Waals surface area contributed by atoms with Gasteiger partial charge in [0.15, 0.2) is 0 Å². The summed E-state index contributed by atoms with van der Waals surface area (Å²) < 4.78 is 0. The van der Waals surface area contributed by atoms with Gasteiger partial charge in [-0.25, -0.2) is 4.98 Å². The predicted octanol–water partition coefficient (Wildman–Crippen LogP) is 4.03.